The van der Waals surface area contributed by atoms with E-state index >= 15 is 0 Å². The molecule has 1 amide bonds. The van der Waals surface area contributed by atoms with Crippen LogP contribution in [0.3, 0.4) is 0 Å². The fraction of sp³-hybridized carbons (Fsp3) is 0.346. The Morgan fingerprint density at radius 3 is 2.59 bits per heavy atom. The lowest BCUT2D eigenvalue weighted by atomic mass is 10.1. The molecular weight excluding hydrogens is 435 g/mol. The standard InChI is InChI=1S/C26H29FN4O3/c1-17(21-8-10-22(11-9-21)26(33)34)28-24(32)23-18(2)29-31-14-13-30(25(23)31)16-20-6-3-5-19(15-20)7-4-12-27/h3,5-6,8-11,15,17H,4,7,12-14,16H2,1-2H3,(H,28,32)(H,33,34)/t17-/m0/s1. The van der Waals surface area contributed by atoms with Gasteiger partial charge in [-0.25, -0.2) is 9.48 Å². The molecule has 2 aromatic carbocycles. The summed E-state index contributed by atoms with van der Waals surface area (Å²) >= 11 is 0. The highest BCUT2D eigenvalue weighted by Crippen LogP contribution is 2.30. The Morgan fingerprint density at radius 2 is 1.88 bits per heavy atom. The maximum absolute atomic E-state index is 13.3. The minimum absolute atomic E-state index is 0.206. The Balaban J connectivity index is 1.51. The molecule has 0 radical (unpaired) electrons. The van der Waals surface area contributed by atoms with Gasteiger partial charge in [0.15, 0.2) is 0 Å². The Kier molecular flexibility index (Phi) is 6.95. The quantitative estimate of drug-likeness (QED) is 0.493. The van der Waals surface area contributed by atoms with Gasteiger partial charge in [-0.05, 0) is 55.5 Å². The second kappa shape index (κ2) is 10.1. The van der Waals surface area contributed by atoms with Gasteiger partial charge < -0.3 is 15.3 Å². The number of nitrogens with one attached hydrogen (secondary N) is 1. The van der Waals surface area contributed by atoms with Crippen molar-refractivity contribution < 1.29 is 19.1 Å². The number of carboxylic acid groups (broad SMARTS) is 1. The molecule has 0 spiro atoms. The van der Waals surface area contributed by atoms with Crippen LogP contribution in [0.25, 0.3) is 0 Å². The number of fused-ring (bicyclic) bond motifs is 1. The number of hydrogen-bond donors (Lipinski definition) is 2. The molecule has 2 N–H and O–H groups in total. The maximum atomic E-state index is 13.3. The SMILES string of the molecule is Cc1nn2c(c1C(=O)N[C@@H](C)c1ccc(C(=O)O)cc1)N(Cc1cccc(CCCF)c1)CC2. The molecular formula is C26H29FN4O3. The van der Waals surface area contributed by atoms with Gasteiger partial charge in [0.1, 0.15) is 11.4 Å². The second-order valence-electron chi connectivity index (χ2n) is 8.66. The molecule has 2 heterocycles. The molecule has 0 bridgehead atoms. The lowest BCUT2D eigenvalue weighted by Crippen LogP contribution is -2.29. The highest BCUT2D eigenvalue weighted by Gasteiger charge is 2.30. The molecule has 1 aliphatic rings. The number of nitrogens with zero attached hydrogens (tertiary/aromatic N) is 3. The number of carboxylic acids is 1. The Hall–Kier alpha value is -3.68. The molecule has 4 rings (SSSR count). The fourth-order valence-electron chi connectivity index (χ4n) is 4.43. The van der Waals surface area contributed by atoms with E-state index in [0.29, 0.717) is 37.2 Å². The Morgan fingerprint density at radius 1 is 1.15 bits per heavy atom. The predicted octanol–water partition coefficient (Wildman–Crippen LogP) is 4.30. The van der Waals surface area contributed by atoms with E-state index in [1.807, 2.05) is 36.7 Å². The largest absolute Gasteiger partial charge is 0.478 e. The van der Waals surface area contributed by atoms with Crippen molar-refractivity contribution in [1.29, 1.82) is 0 Å². The number of rotatable bonds is 9. The molecule has 0 aliphatic carbocycles. The number of aromatic nitrogens is 2. The normalized spacial score (nSPS) is 13.6. The van der Waals surface area contributed by atoms with Crippen LogP contribution in [-0.2, 0) is 19.5 Å². The summed E-state index contributed by atoms with van der Waals surface area (Å²) in [5, 5.41) is 16.7. The summed E-state index contributed by atoms with van der Waals surface area (Å²) < 4.78 is 14.4. The molecule has 3 aromatic rings. The van der Waals surface area contributed by atoms with Crippen molar-refractivity contribution in [2.45, 2.75) is 45.8 Å². The first-order valence-corrected chi connectivity index (χ1v) is 11.5. The van der Waals surface area contributed by atoms with Crippen molar-refractivity contribution in [2.24, 2.45) is 0 Å². The second-order valence-corrected chi connectivity index (χ2v) is 8.66. The van der Waals surface area contributed by atoms with Gasteiger partial charge in [0.2, 0.25) is 0 Å². The van der Waals surface area contributed by atoms with Gasteiger partial charge >= 0.3 is 5.97 Å². The van der Waals surface area contributed by atoms with Crippen LogP contribution in [0.2, 0.25) is 0 Å². The van der Waals surface area contributed by atoms with Gasteiger partial charge in [0.25, 0.3) is 5.91 Å². The summed E-state index contributed by atoms with van der Waals surface area (Å²) in [6.07, 6.45) is 1.22. The molecule has 0 saturated heterocycles. The summed E-state index contributed by atoms with van der Waals surface area (Å²) in [7, 11) is 0. The number of amides is 1. The number of halogens is 1. The van der Waals surface area contributed by atoms with Crippen molar-refractivity contribution in [3.8, 4) is 0 Å². The molecule has 1 aliphatic heterocycles. The van der Waals surface area contributed by atoms with E-state index in [-0.39, 0.29) is 24.2 Å². The topological polar surface area (TPSA) is 87.5 Å². The highest BCUT2D eigenvalue weighted by molar-refractivity contribution is 6.00. The summed E-state index contributed by atoms with van der Waals surface area (Å²) in [5.74, 6) is -0.392. The minimum Gasteiger partial charge on any atom is -0.478 e. The van der Waals surface area contributed by atoms with E-state index in [1.54, 1.807) is 12.1 Å². The van der Waals surface area contributed by atoms with E-state index in [9.17, 15) is 14.0 Å². The molecule has 0 saturated carbocycles. The minimum atomic E-state index is -0.984. The van der Waals surface area contributed by atoms with Gasteiger partial charge in [0.05, 0.1) is 30.5 Å². The van der Waals surface area contributed by atoms with Crippen LogP contribution in [-0.4, -0.2) is 40.0 Å². The van der Waals surface area contributed by atoms with Crippen molar-refractivity contribution in [2.75, 3.05) is 18.1 Å². The zero-order chi connectivity index (χ0) is 24.2. The first-order chi connectivity index (χ1) is 16.4. The summed E-state index contributed by atoms with van der Waals surface area (Å²) in [5.41, 5.74) is 4.47. The van der Waals surface area contributed by atoms with E-state index < -0.39 is 5.97 Å². The van der Waals surface area contributed by atoms with Crippen LogP contribution in [0.15, 0.2) is 48.5 Å². The third-order valence-electron chi connectivity index (χ3n) is 6.18. The molecule has 34 heavy (non-hydrogen) atoms. The van der Waals surface area contributed by atoms with Gasteiger partial charge in [-0.2, -0.15) is 5.10 Å². The third kappa shape index (κ3) is 4.95. The number of anilines is 1. The maximum Gasteiger partial charge on any atom is 0.335 e. The first-order valence-electron chi connectivity index (χ1n) is 11.5. The molecule has 7 nitrogen and oxygen atoms in total. The Bertz CT molecular complexity index is 1190. The number of alkyl halides is 1. The molecule has 178 valence electrons. The van der Waals surface area contributed by atoms with E-state index in [1.165, 1.54) is 12.1 Å². The number of aryl methyl sites for hydroxylation is 2. The van der Waals surface area contributed by atoms with Gasteiger partial charge in [-0.1, -0.05) is 36.4 Å². The number of benzene rings is 2. The third-order valence-corrected chi connectivity index (χ3v) is 6.18. The van der Waals surface area contributed by atoms with Crippen LogP contribution >= 0.6 is 0 Å². The number of carbonyl (C=O) groups excluding carboxylic acids is 1. The average molecular weight is 465 g/mol. The predicted molar refractivity (Wildman–Crippen MR) is 128 cm³/mol. The number of carbonyl (C=O) groups is 2. The monoisotopic (exact) mass is 464 g/mol. The van der Waals surface area contributed by atoms with Gasteiger partial charge in [-0.3, -0.25) is 9.18 Å². The molecule has 8 heteroatoms. The number of aromatic carboxylic acids is 1. The summed E-state index contributed by atoms with van der Waals surface area (Å²) in [6.45, 7) is 5.48. The first kappa shape index (κ1) is 23.5. The zero-order valence-electron chi connectivity index (χ0n) is 19.4. The van der Waals surface area contributed by atoms with Crippen molar-refractivity contribution >= 4 is 17.7 Å². The van der Waals surface area contributed by atoms with Crippen LogP contribution in [0.1, 0.15) is 62.5 Å². The average Bonchev–Trinajstić information content (AvgIpc) is 3.35. The van der Waals surface area contributed by atoms with Crippen molar-refractivity contribution in [3.05, 3.63) is 82.0 Å². The summed E-state index contributed by atoms with van der Waals surface area (Å²) in [6, 6.07) is 14.4. The van der Waals surface area contributed by atoms with Gasteiger partial charge in [-0.15, -0.1) is 0 Å². The van der Waals surface area contributed by atoms with Crippen LogP contribution < -0.4 is 10.2 Å². The van der Waals surface area contributed by atoms with Gasteiger partial charge in [0, 0.05) is 13.1 Å². The van der Waals surface area contributed by atoms with E-state index in [2.05, 4.69) is 21.4 Å². The smallest absolute Gasteiger partial charge is 0.335 e. The van der Waals surface area contributed by atoms with Crippen molar-refractivity contribution in [1.82, 2.24) is 15.1 Å². The van der Waals surface area contributed by atoms with E-state index in [4.69, 9.17) is 5.11 Å². The van der Waals surface area contributed by atoms with Crippen LogP contribution in [0, 0.1) is 6.92 Å². The molecule has 1 atom stereocenters. The zero-order valence-corrected chi connectivity index (χ0v) is 19.4. The number of hydrogen-bond acceptors (Lipinski definition) is 4. The lowest BCUT2D eigenvalue weighted by molar-refractivity contribution is 0.0696. The van der Waals surface area contributed by atoms with Crippen LogP contribution in [0.4, 0.5) is 10.2 Å². The van der Waals surface area contributed by atoms with Crippen LogP contribution in [0.5, 0.6) is 0 Å². The molecule has 1 aromatic heterocycles. The van der Waals surface area contributed by atoms with Crippen molar-refractivity contribution in [3.63, 3.8) is 0 Å². The summed E-state index contributed by atoms with van der Waals surface area (Å²) in [4.78, 5) is 26.5. The molecule has 0 fully saturated rings. The Labute approximate surface area is 198 Å². The van der Waals surface area contributed by atoms with E-state index in [0.717, 1.165) is 29.1 Å². The highest BCUT2D eigenvalue weighted by atomic mass is 19.1. The fourth-order valence-corrected chi connectivity index (χ4v) is 4.43. The molecule has 0 unspecified atom stereocenters. The lowest BCUT2D eigenvalue weighted by Gasteiger charge is -2.21.